The lowest BCUT2D eigenvalue weighted by atomic mass is 10.0. The highest BCUT2D eigenvalue weighted by Gasteiger charge is 2.37. The number of carbonyl (C=O) groups is 1. The van der Waals surface area contributed by atoms with Gasteiger partial charge in [0.1, 0.15) is 0 Å². The molecule has 1 aliphatic carbocycles. The topological polar surface area (TPSA) is 49.6 Å². The first kappa shape index (κ1) is 12.4. The second-order valence-corrected chi connectivity index (χ2v) is 6.17. The maximum Gasteiger partial charge on any atom is 0.227 e. The van der Waals surface area contributed by atoms with Gasteiger partial charge >= 0.3 is 0 Å². The summed E-state index contributed by atoms with van der Waals surface area (Å²) in [7, 11) is 0. The summed E-state index contributed by atoms with van der Waals surface area (Å²) in [4.78, 5) is 17.1. The average molecular weight is 251 g/mol. The molecule has 2 N–H and O–H groups in total. The molecule has 2 aliphatic heterocycles. The minimum atomic E-state index is 0.113. The van der Waals surface area contributed by atoms with Gasteiger partial charge in [0.15, 0.2) is 0 Å². The Morgan fingerprint density at radius 2 is 1.78 bits per heavy atom. The fourth-order valence-electron chi connectivity index (χ4n) is 3.88. The summed E-state index contributed by atoms with van der Waals surface area (Å²) in [6.45, 7) is 4.36. The lowest BCUT2D eigenvalue weighted by Crippen LogP contribution is -2.42. The lowest BCUT2D eigenvalue weighted by Gasteiger charge is -2.26. The fourth-order valence-corrected chi connectivity index (χ4v) is 3.88. The number of nitrogens with two attached hydrogens (primary N) is 1. The van der Waals surface area contributed by atoms with Gasteiger partial charge < -0.3 is 10.6 Å². The summed E-state index contributed by atoms with van der Waals surface area (Å²) in [6.07, 6.45) is 6.98. The molecule has 0 unspecified atom stereocenters. The van der Waals surface area contributed by atoms with E-state index in [0.717, 1.165) is 38.8 Å². The molecule has 0 bridgehead atoms. The normalized spacial score (nSPS) is 37.6. The first-order valence-corrected chi connectivity index (χ1v) is 7.54. The number of nitrogens with zero attached hydrogens (tertiary/aromatic N) is 2. The lowest BCUT2D eigenvalue weighted by molar-refractivity contribution is -0.134. The second kappa shape index (κ2) is 5.17. The van der Waals surface area contributed by atoms with Gasteiger partial charge in [-0.3, -0.25) is 9.69 Å². The van der Waals surface area contributed by atoms with Crippen LogP contribution >= 0.6 is 0 Å². The standard InChI is InChI=1S/C14H25N3O/c15-13-5-3-4-12(13)14(18)17-9-6-11(10-17)16-7-1-2-8-16/h11-13H,1-10,15H2/t11-,12+,13+/m0/s1. The molecule has 4 heteroatoms. The van der Waals surface area contributed by atoms with Gasteiger partial charge in [0.25, 0.3) is 0 Å². The van der Waals surface area contributed by atoms with E-state index in [1.807, 2.05) is 0 Å². The monoisotopic (exact) mass is 251 g/mol. The molecule has 3 atom stereocenters. The molecule has 0 aromatic heterocycles. The van der Waals surface area contributed by atoms with Gasteiger partial charge in [0.2, 0.25) is 5.91 Å². The predicted molar refractivity (Wildman–Crippen MR) is 71.1 cm³/mol. The van der Waals surface area contributed by atoms with Gasteiger partial charge in [0, 0.05) is 25.2 Å². The van der Waals surface area contributed by atoms with Crippen LogP contribution in [0.5, 0.6) is 0 Å². The molecule has 3 aliphatic rings. The van der Waals surface area contributed by atoms with Gasteiger partial charge in [-0.25, -0.2) is 0 Å². The summed E-state index contributed by atoms with van der Waals surface area (Å²) in [6, 6.07) is 0.734. The van der Waals surface area contributed by atoms with Crippen LogP contribution in [0.2, 0.25) is 0 Å². The van der Waals surface area contributed by atoms with E-state index in [-0.39, 0.29) is 12.0 Å². The summed E-state index contributed by atoms with van der Waals surface area (Å²) in [5, 5.41) is 0. The molecule has 3 fully saturated rings. The minimum Gasteiger partial charge on any atom is -0.341 e. The Labute approximate surface area is 109 Å². The van der Waals surface area contributed by atoms with Crippen LogP contribution in [0.25, 0.3) is 0 Å². The van der Waals surface area contributed by atoms with Gasteiger partial charge in [-0.1, -0.05) is 6.42 Å². The highest BCUT2D eigenvalue weighted by molar-refractivity contribution is 5.80. The number of likely N-dealkylation sites (tertiary alicyclic amines) is 2. The molecular weight excluding hydrogens is 226 g/mol. The van der Waals surface area contributed by atoms with Crippen LogP contribution in [-0.4, -0.2) is 54.0 Å². The second-order valence-electron chi connectivity index (χ2n) is 6.17. The number of amides is 1. The Hall–Kier alpha value is -0.610. The Bertz CT molecular complexity index is 314. The van der Waals surface area contributed by atoms with Crippen LogP contribution in [0.3, 0.4) is 0 Å². The van der Waals surface area contributed by atoms with Crippen molar-refractivity contribution in [1.82, 2.24) is 9.80 Å². The van der Waals surface area contributed by atoms with Gasteiger partial charge in [-0.15, -0.1) is 0 Å². The SMILES string of the molecule is N[C@@H]1CCC[C@H]1C(=O)N1CC[C@H](N2CCCC2)C1. The largest absolute Gasteiger partial charge is 0.341 e. The van der Waals surface area contributed by atoms with Crippen molar-refractivity contribution in [2.45, 2.75) is 50.6 Å². The van der Waals surface area contributed by atoms with Crippen LogP contribution in [-0.2, 0) is 4.79 Å². The van der Waals surface area contributed by atoms with Crippen LogP contribution < -0.4 is 5.73 Å². The van der Waals surface area contributed by atoms with Gasteiger partial charge in [-0.2, -0.15) is 0 Å². The third-order valence-electron chi connectivity index (χ3n) is 5.02. The van der Waals surface area contributed by atoms with Crippen LogP contribution in [0.4, 0.5) is 0 Å². The van der Waals surface area contributed by atoms with E-state index in [1.165, 1.54) is 25.9 Å². The quantitative estimate of drug-likeness (QED) is 0.790. The molecule has 0 spiro atoms. The zero-order valence-corrected chi connectivity index (χ0v) is 11.2. The molecule has 18 heavy (non-hydrogen) atoms. The summed E-state index contributed by atoms with van der Waals surface area (Å²) in [5.41, 5.74) is 6.05. The van der Waals surface area contributed by atoms with E-state index in [2.05, 4.69) is 9.80 Å². The van der Waals surface area contributed by atoms with Crippen molar-refractivity contribution < 1.29 is 4.79 Å². The molecule has 102 valence electrons. The Morgan fingerprint density at radius 3 is 2.44 bits per heavy atom. The molecule has 2 saturated heterocycles. The Kier molecular flexibility index (Phi) is 3.57. The Balaban J connectivity index is 1.56. The molecule has 0 aromatic rings. The maximum atomic E-state index is 12.4. The summed E-state index contributed by atoms with van der Waals surface area (Å²) in [5.74, 6) is 0.448. The maximum absolute atomic E-state index is 12.4. The zero-order chi connectivity index (χ0) is 12.5. The van der Waals surface area contributed by atoms with Crippen LogP contribution in [0, 0.1) is 5.92 Å². The molecule has 3 rings (SSSR count). The first-order chi connectivity index (χ1) is 8.75. The molecular formula is C14H25N3O. The molecule has 1 saturated carbocycles. The predicted octanol–water partition coefficient (Wildman–Crippen LogP) is 0.810. The zero-order valence-electron chi connectivity index (χ0n) is 11.2. The van der Waals surface area contributed by atoms with Crippen molar-refractivity contribution in [3.8, 4) is 0 Å². The number of carbonyl (C=O) groups excluding carboxylic acids is 1. The van der Waals surface area contributed by atoms with Gasteiger partial charge in [-0.05, 0) is 45.2 Å². The molecule has 2 heterocycles. The van der Waals surface area contributed by atoms with E-state index in [4.69, 9.17) is 5.73 Å². The average Bonchev–Trinajstić information content (AvgIpc) is 3.09. The third-order valence-corrected chi connectivity index (χ3v) is 5.02. The number of hydrogen-bond donors (Lipinski definition) is 1. The van der Waals surface area contributed by atoms with Crippen molar-refractivity contribution >= 4 is 5.91 Å². The highest BCUT2D eigenvalue weighted by Crippen LogP contribution is 2.28. The van der Waals surface area contributed by atoms with Crippen molar-refractivity contribution in [2.24, 2.45) is 11.7 Å². The first-order valence-electron chi connectivity index (χ1n) is 7.54. The van der Waals surface area contributed by atoms with Crippen LogP contribution in [0.1, 0.15) is 38.5 Å². The third kappa shape index (κ3) is 2.28. The Morgan fingerprint density at radius 1 is 1.00 bits per heavy atom. The molecule has 4 nitrogen and oxygen atoms in total. The minimum absolute atomic E-state index is 0.113. The van der Waals surface area contributed by atoms with Crippen LogP contribution in [0.15, 0.2) is 0 Å². The molecule has 0 radical (unpaired) electrons. The van der Waals surface area contributed by atoms with E-state index < -0.39 is 0 Å². The highest BCUT2D eigenvalue weighted by atomic mass is 16.2. The van der Waals surface area contributed by atoms with E-state index >= 15 is 0 Å². The number of hydrogen-bond acceptors (Lipinski definition) is 3. The van der Waals surface area contributed by atoms with Crippen molar-refractivity contribution in [3.05, 3.63) is 0 Å². The van der Waals surface area contributed by atoms with Crippen molar-refractivity contribution in [1.29, 1.82) is 0 Å². The summed E-state index contributed by atoms with van der Waals surface area (Å²) >= 11 is 0. The van der Waals surface area contributed by atoms with E-state index in [0.29, 0.717) is 11.9 Å². The van der Waals surface area contributed by atoms with E-state index in [1.54, 1.807) is 0 Å². The van der Waals surface area contributed by atoms with Gasteiger partial charge in [0.05, 0.1) is 5.92 Å². The fraction of sp³-hybridized carbons (Fsp3) is 0.929. The van der Waals surface area contributed by atoms with Crippen molar-refractivity contribution in [3.63, 3.8) is 0 Å². The van der Waals surface area contributed by atoms with E-state index in [9.17, 15) is 4.79 Å². The molecule has 0 aromatic carbocycles. The molecule has 1 amide bonds. The smallest absolute Gasteiger partial charge is 0.227 e. The summed E-state index contributed by atoms with van der Waals surface area (Å²) < 4.78 is 0. The number of rotatable bonds is 2. The van der Waals surface area contributed by atoms with Crippen molar-refractivity contribution in [2.75, 3.05) is 26.2 Å².